The number of hydrogen-bond donors (Lipinski definition) is 1. The number of amides is 2. The molecule has 7 heteroatoms. The summed E-state index contributed by atoms with van der Waals surface area (Å²) in [6.45, 7) is 2.81. The van der Waals surface area contributed by atoms with Gasteiger partial charge in [0.05, 0.1) is 5.92 Å². The number of carbonyl (C=O) groups excluding carboxylic acids is 2. The zero-order valence-electron chi connectivity index (χ0n) is 16.9. The van der Waals surface area contributed by atoms with Crippen molar-refractivity contribution in [1.29, 1.82) is 0 Å². The summed E-state index contributed by atoms with van der Waals surface area (Å²) in [7, 11) is 0. The topological polar surface area (TPSA) is 71.5 Å². The molecule has 1 aromatic carbocycles. The number of benzene rings is 1. The molecule has 158 valence electrons. The van der Waals surface area contributed by atoms with Crippen molar-refractivity contribution in [3.63, 3.8) is 0 Å². The van der Waals surface area contributed by atoms with Gasteiger partial charge < -0.3 is 15.0 Å². The maximum atomic E-state index is 13.1. The normalized spacial score (nSPS) is 20.3. The van der Waals surface area contributed by atoms with Crippen LogP contribution in [0.15, 0.2) is 48.8 Å². The fraction of sp³-hybridized carbons (Fsp3) is 0.435. The molecule has 2 aliphatic heterocycles. The van der Waals surface area contributed by atoms with Gasteiger partial charge in [0.1, 0.15) is 0 Å². The van der Waals surface area contributed by atoms with Gasteiger partial charge in [-0.3, -0.25) is 14.6 Å². The van der Waals surface area contributed by atoms with E-state index in [0.717, 1.165) is 24.8 Å². The predicted octanol–water partition coefficient (Wildman–Crippen LogP) is 2.96. The largest absolute Gasteiger partial charge is 0.381 e. The lowest BCUT2D eigenvalue weighted by atomic mass is 9.71. The number of halogens is 1. The van der Waals surface area contributed by atoms with E-state index in [1.165, 1.54) is 0 Å². The summed E-state index contributed by atoms with van der Waals surface area (Å²) < 4.78 is 5.56. The summed E-state index contributed by atoms with van der Waals surface area (Å²) in [5, 5.41) is 3.63. The third-order valence-electron chi connectivity index (χ3n) is 6.27. The van der Waals surface area contributed by atoms with Gasteiger partial charge in [-0.1, -0.05) is 17.7 Å². The highest BCUT2D eigenvalue weighted by atomic mass is 35.5. The van der Waals surface area contributed by atoms with Crippen molar-refractivity contribution in [2.75, 3.05) is 32.8 Å². The highest BCUT2D eigenvalue weighted by Gasteiger charge is 2.51. The molecule has 1 atom stereocenters. The molecule has 2 aromatic rings. The van der Waals surface area contributed by atoms with Gasteiger partial charge in [-0.25, -0.2) is 0 Å². The minimum Gasteiger partial charge on any atom is -0.381 e. The summed E-state index contributed by atoms with van der Waals surface area (Å²) in [4.78, 5) is 32.1. The lowest BCUT2D eigenvalue weighted by molar-refractivity contribution is -0.129. The first-order valence-electron chi connectivity index (χ1n) is 10.4. The van der Waals surface area contributed by atoms with Crippen molar-refractivity contribution in [3.05, 3.63) is 64.9 Å². The number of aromatic nitrogens is 1. The second-order valence-electron chi connectivity index (χ2n) is 8.12. The van der Waals surface area contributed by atoms with E-state index in [4.69, 9.17) is 16.3 Å². The van der Waals surface area contributed by atoms with Crippen LogP contribution in [0.5, 0.6) is 0 Å². The van der Waals surface area contributed by atoms with Gasteiger partial charge in [0.25, 0.3) is 5.91 Å². The Morgan fingerprint density at radius 3 is 2.70 bits per heavy atom. The standard InChI is InChI=1S/C23H26ClN3O3/c24-19-3-1-2-18(14-19)22(29)27-15-20(23(16-27)7-12-30-13-8-23)21(28)26-11-6-17-4-9-25-10-5-17/h1-5,9-10,14,20H,6-8,11-13,15-16H2,(H,26,28). The molecule has 0 saturated carbocycles. The average Bonchev–Trinajstić information content (AvgIpc) is 3.13. The van der Waals surface area contributed by atoms with Crippen LogP contribution in [0.3, 0.4) is 0 Å². The van der Waals surface area contributed by atoms with Crippen LogP contribution in [0.1, 0.15) is 28.8 Å². The van der Waals surface area contributed by atoms with Crippen molar-refractivity contribution in [3.8, 4) is 0 Å². The van der Waals surface area contributed by atoms with Crippen molar-refractivity contribution >= 4 is 23.4 Å². The Labute approximate surface area is 181 Å². The molecule has 2 fully saturated rings. The lowest BCUT2D eigenvalue weighted by Gasteiger charge is -2.37. The van der Waals surface area contributed by atoms with Crippen molar-refractivity contribution in [2.45, 2.75) is 19.3 Å². The summed E-state index contributed by atoms with van der Waals surface area (Å²) in [5.41, 5.74) is 1.46. The number of hydrogen-bond acceptors (Lipinski definition) is 4. The summed E-state index contributed by atoms with van der Waals surface area (Å²) in [6, 6.07) is 10.9. The van der Waals surface area contributed by atoms with E-state index in [2.05, 4.69) is 10.3 Å². The number of ether oxygens (including phenoxy) is 1. The average molecular weight is 428 g/mol. The van der Waals surface area contributed by atoms with Gasteiger partial charge in [-0.15, -0.1) is 0 Å². The molecule has 3 heterocycles. The molecule has 6 nitrogen and oxygen atoms in total. The fourth-order valence-corrected chi connectivity index (χ4v) is 4.77. The maximum absolute atomic E-state index is 13.1. The highest BCUT2D eigenvalue weighted by molar-refractivity contribution is 6.30. The zero-order valence-corrected chi connectivity index (χ0v) is 17.6. The Kier molecular flexibility index (Phi) is 6.35. The van der Waals surface area contributed by atoms with Gasteiger partial charge in [-0.05, 0) is 55.2 Å². The molecule has 4 rings (SSSR count). The maximum Gasteiger partial charge on any atom is 0.253 e. The van der Waals surface area contributed by atoms with Crippen molar-refractivity contribution in [2.24, 2.45) is 11.3 Å². The van der Waals surface area contributed by atoms with E-state index in [1.807, 2.05) is 17.0 Å². The summed E-state index contributed by atoms with van der Waals surface area (Å²) in [6.07, 6.45) is 5.83. The molecule has 1 N–H and O–H groups in total. The Bertz CT molecular complexity index is 900. The molecule has 30 heavy (non-hydrogen) atoms. The Morgan fingerprint density at radius 1 is 1.20 bits per heavy atom. The van der Waals surface area contributed by atoms with Crippen molar-refractivity contribution < 1.29 is 14.3 Å². The Balaban J connectivity index is 1.45. The third kappa shape index (κ3) is 4.50. The Morgan fingerprint density at radius 2 is 1.97 bits per heavy atom. The number of rotatable bonds is 5. The van der Waals surface area contributed by atoms with Gasteiger partial charge in [-0.2, -0.15) is 0 Å². The first-order chi connectivity index (χ1) is 14.6. The first-order valence-corrected chi connectivity index (χ1v) is 10.7. The van der Waals surface area contributed by atoms with E-state index >= 15 is 0 Å². The van der Waals surface area contributed by atoms with E-state index in [0.29, 0.717) is 43.4 Å². The fourth-order valence-electron chi connectivity index (χ4n) is 4.58. The zero-order chi connectivity index (χ0) is 21.0. The molecule has 0 bridgehead atoms. The van der Waals surface area contributed by atoms with Crippen LogP contribution < -0.4 is 5.32 Å². The molecular formula is C23H26ClN3O3. The molecular weight excluding hydrogens is 402 g/mol. The molecule has 2 amide bonds. The highest BCUT2D eigenvalue weighted by Crippen LogP contribution is 2.44. The van der Waals surface area contributed by atoms with E-state index in [9.17, 15) is 9.59 Å². The second kappa shape index (κ2) is 9.14. The number of nitrogens with zero attached hydrogens (tertiary/aromatic N) is 2. The minimum atomic E-state index is -0.234. The van der Waals surface area contributed by atoms with E-state index in [-0.39, 0.29) is 23.1 Å². The second-order valence-corrected chi connectivity index (χ2v) is 8.56. The number of nitrogens with one attached hydrogen (secondary N) is 1. The molecule has 1 spiro atoms. The molecule has 0 aliphatic carbocycles. The van der Waals surface area contributed by atoms with Crippen LogP contribution in [-0.4, -0.2) is 54.5 Å². The van der Waals surface area contributed by atoms with Crippen LogP contribution in [0.25, 0.3) is 0 Å². The number of pyridine rings is 1. The SMILES string of the molecule is O=C(NCCc1ccncc1)C1CN(C(=O)c2cccc(Cl)c2)CC12CCOCC2. The Hall–Kier alpha value is -2.44. The van der Waals surface area contributed by atoms with Gasteiger partial charge >= 0.3 is 0 Å². The van der Waals surface area contributed by atoms with E-state index < -0.39 is 0 Å². The van der Waals surface area contributed by atoms with Crippen LogP contribution in [0.4, 0.5) is 0 Å². The smallest absolute Gasteiger partial charge is 0.253 e. The van der Waals surface area contributed by atoms with Crippen molar-refractivity contribution in [1.82, 2.24) is 15.2 Å². The third-order valence-corrected chi connectivity index (χ3v) is 6.51. The number of carbonyl (C=O) groups is 2. The minimum absolute atomic E-state index is 0.0207. The van der Waals surface area contributed by atoms with Gasteiger partial charge in [0, 0.05) is 61.2 Å². The lowest BCUT2D eigenvalue weighted by Crippen LogP contribution is -2.44. The summed E-state index contributed by atoms with van der Waals surface area (Å²) in [5.74, 6) is -0.287. The monoisotopic (exact) mass is 427 g/mol. The molecule has 2 saturated heterocycles. The van der Waals surface area contributed by atoms with E-state index in [1.54, 1.807) is 36.7 Å². The van der Waals surface area contributed by atoms with Gasteiger partial charge in [0.15, 0.2) is 0 Å². The van der Waals surface area contributed by atoms with Crippen LogP contribution in [-0.2, 0) is 16.0 Å². The number of likely N-dealkylation sites (tertiary alicyclic amines) is 1. The molecule has 2 aliphatic rings. The van der Waals surface area contributed by atoms with Gasteiger partial charge in [0.2, 0.25) is 5.91 Å². The predicted molar refractivity (Wildman–Crippen MR) is 114 cm³/mol. The summed E-state index contributed by atoms with van der Waals surface area (Å²) >= 11 is 6.07. The van der Waals surface area contributed by atoms with Crippen LogP contribution in [0.2, 0.25) is 5.02 Å². The molecule has 1 unspecified atom stereocenters. The van der Waals surface area contributed by atoms with Crippen LogP contribution in [0, 0.1) is 11.3 Å². The first kappa shape index (κ1) is 20.8. The quantitative estimate of drug-likeness (QED) is 0.796. The molecule has 0 radical (unpaired) electrons. The molecule has 1 aromatic heterocycles. The van der Waals surface area contributed by atoms with Crippen LogP contribution >= 0.6 is 11.6 Å².